The first kappa shape index (κ1) is 26.2. The Kier molecular flexibility index (Phi) is 6.70. The molecule has 0 aliphatic heterocycles. The van der Waals surface area contributed by atoms with Gasteiger partial charge in [-0.05, 0) is 16.1 Å². The number of non-ortho nitro benzene ring substituents is 1. The van der Waals surface area contributed by atoms with Crippen LogP contribution >= 0.6 is 15.8 Å². The minimum atomic E-state index is -10.7. The van der Waals surface area contributed by atoms with Crippen LogP contribution in [0.4, 0.5) is 30.9 Å². The topological polar surface area (TPSA) is 92.8 Å². The Bertz CT molecular complexity index is 887. The van der Waals surface area contributed by atoms with Crippen molar-refractivity contribution >= 4 is 32.5 Å². The molecule has 1 aromatic heterocycles. The van der Waals surface area contributed by atoms with Crippen LogP contribution in [0.15, 0.2) is 18.2 Å². The molecule has 0 unspecified atom stereocenters. The first-order chi connectivity index (χ1) is 13.1. The van der Waals surface area contributed by atoms with E-state index in [9.17, 15) is 35.3 Å². The quantitative estimate of drug-likeness (QED) is 0.254. The third-order valence-electron chi connectivity index (χ3n) is 3.36. The van der Waals surface area contributed by atoms with Gasteiger partial charge in [0.2, 0.25) is 0 Å². The molecule has 0 bridgehead atoms. The van der Waals surface area contributed by atoms with Crippen LogP contribution in [0.25, 0.3) is 11.0 Å². The van der Waals surface area contributed by atoms with E-state index >= 15 is 0 Å². The summed E-state index contributed by atoms with van der Waals surface area (Å²) in [6, 6.07) is 4.36. The molecule has 10 nitrogen and oxygen atoms in total. The fourth-order valence-corrected chi connectivity index (χ4v) is 5.37. The molecule has 0 N–H and O–H groups in total. The second-order valence-electron chi connectivity index (χ2n) is 6.49. The second kappa shape index (κ2) is 7.68. The fraction of sp³-hybridized carbons (Fsp3) is 0.500. The number of halogens is 6. The molecule has 0 aliphatic carbocycles. The fourth-order valence-electron chi connectivity index (χ4n) is 2.46. The standard InChI is InChI=1S/C12H21N7O3P.F6P/c1-15(2)23(16(3)4,17(5)6)22-18-12-9-10(19(20)21)7-8-11(12)13-14-18;1-7(2,3,4,5)6/h7-9H,1-6H3;/q+1;-1. The summed E-state index contributed by atoms with van der Waals surface area (Å²) < 4.78 is 71.3. The Balaban J connectivity index is 0.000000553. The third kappa shape index (κ3) is 7.43. The molecule has 0 fully saturated rings. The Hall–Kier alpha value is -1.86. The van der Waals surface area contributed by atoms with Crippen LogP contribution in [0.1, 0.15) is 0 Å². The molecule has 2 rings (SSSR count). The van der Waals surface area contributed by atoms with E-state index in [0.717, 1.165) is 0 Å². The normalized spacial score (nSPS) is 15.0. The van der Waals surface area contributed by atoms with Crippen LogP contribution in [-0.4, -0.2) is 76.4 Å². The number of fused-ring (bicyclic) bond motifs is 1. The third-order valence-corrected chi connectivity index (χ3v) is 6.86. The number of hydrogen-bond acceptors (Lipinski definition) is 8. The van der Waals surface area contributed by atoms with Gasteiger partial charge in [-0.1, -0.05) is 0 Å². The summed E-state index contributed by atoms with van der Waals surface area (Å²) in [5, 5.41) is 19.0. The van der Waals surface area contributed by atoms with Crippen molar-refractivity contribution in [2.45, 2.75) is 0 Å². The van der Waals surface area contributed by atoms with E-state index in [-0.39, 0.29) is 5.69 Å². The molecule has 0 saturated carbocycles. The van der Waals surface area contributed by atoms with Crippen LogP contribution in [0.2, 0.25) is 0 Å². The zero-order valence-corrected chi connectivity index (χ0v) is 18.5. The molecule has 0 amide bonds. The molecule has 18 heteroatoms. The van der Waals surface area contributed by atoms with Crippen molar-refractivity contribution in [1.82, 2.24) is 29.2 Å². The van der Waals surface area contributed by atoms with Gasteiger partial charge in [-0.25, -0.2) is 0 Å². The Labute approximate surface area is 167 Å². The van der Waals surface area contributed by atoms with Gasteiger partial charge in [0.1, 0.15) is 11.0 Å². The van der Waals surface area contributed by atoms with Gasteiger partial charge < -0.3 is 0 Å². The van der Waals surface area contributed by atoms with E-state index in [0.29, 0.717) is 11.0 Å². The maximum absolute atomic E-state index is 11.0. The second-order valence-corrected chi connectivity index (χ2v) is 12.0. The van der Waals surface area contributed by atoms with Crippen LogP contribution in [0.5, 0.6) is 0 Å². The van der Waals surface area contributed by atoms with Gasteiger partial charge in [-0.3, -0.25) is 10.1 Å². The molecule has 1 aromatic carbocycles. The van der Waals surface area contributed by atoms with Gasteiger partial charge in [-0.2, -0.15) is 4.62 Å². The molecule has 0 aliphatic rings. The van der Waals surface area contributed by atoms with Crippen molar-refractivity contribution in [3.63, 3.8) is 0 Å². The summed E-state index contributed by atoms with van der Waals surface area (Å²) in [7, 11) is -1.54. The van der Waals surface area contributed by atoms with E-state index in [1.54, 1.807) is 6.07 Å². The zero-order chi connectivity index (χ0) is 23.8. The number of aromatic nitrogens is 3. The summed E-state index contributed by atoms with van der Waals surface area (Å²) in [5.41, 5.74) is 0.951. The SMILES string of the molecule is CN(C)[P+](On1nnc2ccc([N+](=O)[O-])cc21)(N(C)C)N(C)C.F[P-](F)(F)(F)(F)F. The Morgan fingerprint density at radius 1 is 1.00 bits per heavy atom. The van der Waals surface area contributed by atoms with E-state index in [1.807, 2.05) is 56.3 Å². The molecule has 1 heterocycles. The van der Waals surface area contributed by atoms with Gasteiger partial charge in [0.25, 0.3) is 5.69 Å². The molecule has 0 atom stereocenters. The van der Waals surface area contributed by atoms with E-state index in [1.165, 1.54) is 17.0 Å². The van der Waals surface area contributed by atoms with Gasteiger partial charge in [-0.15, -0.1) is 19.1 Å². The minimum absolute atomic E-state index is 0.0341. The van der Waals surface area contributed by atoms with Gasteiger partial charge in [0, 0.05) is 54.4 Å². The molecule has 174 valence electrons. The summed E-state index contributed by atoms with van der Waals surface area (Å²) >= 11 is 0. The van der Waals surface area contributed by atoms with Gasteiger partial charge >= 0.3 is 40.9 Å². The van der Waals surface area contributed by atoms with Crippen molar-refractivity contribution in [2.75, 3.05) is 42.3 Å². The number of nitro benzene ring substituents is 1. The number of nitrogens with zero attached hydrogens (tertiary/aromatic N) is 7. The zero-order valence-electron chi connectivity index (χ0n) is 16.7. The van der Waals surface area contributed by atoms with Gasteiger partial charge in [0.15, 0.2) is 0 Å². The summed E-state index contributed by atoms with van der Waals surface area (Å²) in [6.45, 7) is 0. The van der Waals surface area contributed by atoms with Crippen molar-refractivity contribution in [1.29, 1.82) is 0 Å². The molecule has 0 spiro atoms. The summed E-state index contributed by atoms with van der Waals surface area (Å²) in [5.74, 6) is 0. The van der Waals surface area contributed by atoms with Gasteiger partial charge in [0.05, 0.1) is 4.92 Å². The van der Waals surface area contributed by atoms with Crippen molar-refractivity contribution < 1.29 is 34.7 Å². The van der Waals surface area contributed by atoms with Crippen LogP contribution in [-0.2, 0) is 0 Å². The number of nitro groups is 1. The average Bonchev–Trinajstić information content (AvgIpc) is 2.90. The Morgan fingerprint density at radius 2 is 1.43 bits per heavy atom. The first-order valence-electron chi connectivity index (χ1n) is 7.84. The van der Waals surface area contributed by atoms with Crippen LogP contribution in [0.3, 0.4) is 0 Å². The number of rotatable bonds is 6. The summed E-state index contributed by atoms with van der Waals surface area (Å²) in [6.07, 6.45) is 0. The average molecular weight is 487 g/mol. The van der Waals surface area contributed by atoms with E-state index in [2.05, 4.69) is 10.3 Å². The van der Waals surface area contributed by atoms with Crippen molar-refractivity contribution in [3.05, 3.63) is 28.3 Å². The number of hydrogen-bond donors (Lipinski definition) is 0. The van der Waals surface area contributed by atoms with Crippen LogP contribution in [0, 0.1) is 10.1 Å². The van der Waals surface area contributed by atoms with E-state index in [4.69, 9.17) is 4.62 Å². The van der Waals surface area contributed by atoms with Crippen molar-refractivity contribution in [3.8, 4) is 0 Å². The van der Waals surface area contributed by atoms with Crippen molar-refractivity contribution in [2.24, 2.45) is 0 Å². The first-order valence-corrected chi connectivity index (χ1v) is 11.4. The maximum atomic E-state index is 11.0. The molecule has 2 aromatic rings. The predicted molar refractivity (Wildman–Crippen MR) is 102 cm³/mol. The predicted octanol–water partition coefficient (Wildman–Crippen LogP) is 4.51. The monoisotopic (exact) mass is 487 g/mol. The molecular formula is C12H21F6N7O3P2. The number of benzene rings is 1. The molecule has 0 saturated heterocycles. The summed E-state index contributed by atoms with van der Waals surface area (Å²) in [4.78, 5) is 11.8. The molecule has 30 heavy (non-hydrogen) atoms. The Morgan fingerprint density at radius 3 is 1.80 bits per heavy atom. The van der Waals surface area contributed by atoms with E-state index < -0.39 is 20.7 Å². The molecule has 0 radical (unpaired) electrons. The molecular weight excluding hydrogens is 466 g/mol. The van der Waals surface area contributed by atoms with Crippen LogP contribution < -0.4 is 4.62 Å².